The summed E-state index contributed by atoms with van der Waals surface area (Å²) in [5, 5.41) is 20.0. The summed E-state index contributed by atoms with van der Waals surface area (Å²) in [5.41, 5.74) is 3.50. The Labute approximate surface area is 130 Å². The molecule has 0 aromatic rings. The third-order valence-corrected chi connectivity index (χ3v) is 5.78. The van der Waals surface area contributed by atoms with Crippen molar-refractivity contribution >= 4 is 5.84 Å². The Hall–Kier alpha value is -1.63. The highest BCUT2D eigenvalue weighted by molar-refractivity contribution is 6.00. The normalized spacial score (nSPS) is 37.0. The van der Waals surface area contributed by atoms with E-state index in [4.69, 9.17) is 15.2 Å². The first-order valence-corrected chi connectivity index (χ1v) is 8.04. The molecule has 2 N–H and O–H groups in total. The fraction of sp³-hybridized carbons (Fsp3) is 0.812. The maximum atomic E-state index is 10.1. The number of aliphatic imine (C=N–C) groups is 1. The van der Waals surface area contributed by atoms with Crippen molar-refractivity contribution in [3.05, 3.63) is 0 Å². The largest absolute Gasteiger partial charge is 0.386 e. The van der Waals surface area contributed by atoms with Gasteiger partial charge in [0, 0.05) is 18.6 Å². The Morgan fingerprint density at radius 3 is 2.14 bits per heavy atom. The summed E-state index contributed by atoms with van der Waals surface area (Å²) in [4.78, 5) is 4.37. The second-order valence-corrected chi connectivity index (χ2v) is 6.31. The van der Waals surface area contributed by atoms with Gasteiger partial charge in [-0.1, -0.05) is 19.3 Å². The van der Waals surface area contributed by atoms with E-state index in [0.717, 1.165) is 32.1 Å². The SMILES string of the molecule is CCOC1(OCC)N=C(N)[C@]2(C#N)C3(CCCCC3)[C@]12C#N. The highest BCUT2D eigenvalue weighted by Crippen LogP contribution is 2.88. The highest BCUT2D eigenvalue weighted by Gasteiger charge is 3.00. The maximum Gasteiger partial charge on any atom is 0.293 e. The molecule has 3 rings (SSSR count). The van der Waals surface area contributed by atoms with E-state index in [1.165, 1.54) is 0 Å². The minimum absolute atomic E-state index is 0.209. The van der Waals surface area contributed by atoms with Crippen LogP contribution in [0.3, 0.4) is 0 Å². The zero-order chi connectivity index (χ0) is 16.1. The topological polar surface area (TPSA) is 104 Å². The molecule has 0 saturated heterocycles. The molecule has 2 aliphatic carbocycles. The van der Waals surface area contributed by atoms with Gasteiger partial charge in [0.2, 0.25) is 0 Å². The minimum Gasteiger partial charge on any atom is -0.386 e. The number of nitrogens with zero attached hydrogens (tertiary/aromatic N) is 3. The zero-order valence-corrected chi connectivity index (χ0v) is 13.2. The number of hydrogen-bond acceptors (Lipinski definition) is 6. The summed E-state index contributed by atoms with van der Waals surface area (Å²) < 4.78 is 11.7. The van der Waals surface area contributed by atoms with Crippen LogP contribution in [0.5, 0.6) is 0 Å². The molecule has 1 heterocycles. The smallest absolute Gasteiger partial charge is 0.293 e. The molecule has 0 aromatic heterocycles. The molecule has 0 aromatic carbocycles. The van der Waals surface area contributed by atoms with Gasteiger partial charge in [-0.05, 0) is 26.7 Å². The Morgan fingerprint density at radius 1 is 1.09 bits per heavy atom. The number of rotatable bonds is 4. The second-order valence-electron chi connectivity index (χ2n) is 6.31. The first-order valence-electron chi connectivity index (χ1n) is 8.04. The van der Waals surface area contributed by atoms with Gasteiger partial charge in [0.25, 0.3) is 5.91 Å². The van der Waals surface area contributed by atoms with Crippen molar-refractivity contribution in [2.24, 2.45) is 27.0 Å². The average molecular weight is 302 g/mol. The molecule has 0 bridgehead atoms. The Kier molecular flexibility index (Phi) is 3.25. The van der Waals surface area contributed by atoms with Gasteiger partial charge in [-0.3, -0.25) is 0 Å². The van der Waals surface area contributed by atoms with Gasteiger partial charge in [0.05, 0.1) is 12.1 Å². The quantitative estimate of drug-likeness (QED) is 0.800. The van der Waals surface area contributed by atoms with E-state index in [2.05, 4.69) is 17.1 Å². The number of nitrogens with two attached hydrogens (primary N) is 1. The Bertz CT molecular complexity index is 590. The van der Waals surface area contributed by atoms with Crippen molar-refractivity contribution in [1.82, 2.24) is 0 Å². The van der Waals surface area contributed by atoms with Crippen LogP contribution in [0.4, 0.5) is 0 Å². The average Bonchev–Trinajstić information content (AvgIpc) is 2.94. The fourth-order valence-corrected chi connectivity index (χ4v) is 5.12. The van der Waals surface area contributed by atoms with E-state index >= 15 is 0 Å². The van der Waals surface area contributed by atoms with Crippen LogP contribution in [0.25, 0.3) is 0 Å². The lowest BCUT2D eigenvalue weighted by molar-refractivity contribution is -0.262. The van der Waals surface area contributed by atoms with Gasteiger partial charge < -0.3 is 15.2 Å². The molecular weight excluding hydrogens is 280 g/mol. The molecule has 118 valence electrons. The number of nitriles is 2. The van der Waals surface area contributed by atoms with E-state index < -0.39 is 22.2 Å². The molecule has 1 aliphatic heterocycles. The van der Waals surface area contributed by atoms with Crippen LogP contribution >= 0.6 is 0 Å². The van der Waals surface area contributed by atoms with Crippen LogP contribution in [0.2, 0.25) is 0 Å². The van der Waals surface area contributed by atoms with Crippen LogP contribution < -0.4 is 5.73 Å². The monoisotopic (exact) mass is 302 g/mol. The first-order chi connectivity index (χ1) is 10.6. The van der Waals surface area contributed by atoms with Gasteiger partial charge >= 0.3 is 0 Å². The summed E-state index contributed by atoms with van der Waals surface area (Å²) in [6.45, 7) is 4.36. The third-order valence-electron chi connectivity index (χ3n) is 5.78. The van der Waals surface area contributed by atoms with Crippen molar-refractivity contribution in [1.29, 1.82) is 10.5 Å². The molecule has 6 nitrogen and oxygen atoms in total. The first kappa shape index (κ1) is 15.3. The van der Waals surface area contributed by atoms with Gasteiger partial charge in [-0.15, -0.1) is 0 Å². The highest BCUT2D eigenvalue weighted by atomic mass is 16.7. The van der Waals surface area contributed by atoms with Crippen molar-refractivity contribution in [2.75, 3.05) is 13.2 Å². The van der Waals surface area contributed by atoms with E-state index in [0.29, 0.717) is 13.2 Å². The molecule has 1 spiro atoms. The lowest BCUT2D eigenvalue weighted by Crippen LogP contribution is -2.46. The standard InChI is InChI=1S/C16H22N4O2/c1-3-21-16(22-4-2)15(11-18)13(8-6-5-7-9-13)14(15,10-17)12(19)20-16/h3-9H2,1-2H3,(H2,19,20)/t14-,15+/m1/s1. The lowest BCUT2D eigenvalue weighted by Gasteiger charge is -2.36. The van der Waals surface area contributed by atoms with Crippen molar-refractivity contribution in [2.45, 2.75) is 51.9 Å². The molecule has 6 heteroatoms. The van der Waals surface area contributed by atoms with Crippen LogP contribution in [0, 0.1) is 38.9 Å². The van der Waals surface area contributed by atoms with Crippen LogP contribution in [-0.4, -0.2) is 25.0 Å². The summed E-state index contributed by atoms with van der Waals surface area (Å²) in [6.07, 6.45) is 4.71. The molecule has 2 saturated carbocycles. The predicted octanol–water partition coefficient (Wildman–Crippen LogP) is 2.07. The molecular formula is C16H22N4O2. The Balaban J connectivity index is 2.21. The van der Waals surface area contributed by atoms with E-state index in [1.807, 2.05) is 13.8 Å². The zero-order valence-electron chi connectivity index (χ0n) is 13.2. The van der Waals surface area contributed by atoms with Crippen molar-refractivity contribution in [3.8, 4) is 12.1 Å². The van der Waals surface area contributed by atoms with Crippen molar-refractivity contribution < 1.29 is 9.47 Å². The molecule has 0 radical (unpaired) electrons. The molecule has 22 heavy (non-hydrogen) atoms. The molecule has 0 amide bonds. The van der Waals surface area contributed by atoms with Gasteiger partial charge in [0.1, 0.15) is 11.3 Å². The summed E-state index contributed by atoms with van der Waals surface area (Å²) in [7, 11) is 0. The van der Waals surface area contributed by atoms with E-state index in [1.54, 1.807) is 0 Å². The lowest BCUT2D eigenvalue weighted by atomic mass is 9.76. The van der Waals surface area contributed by atoms with Crippen LogP contribution in [0.1, 0.15) is 46.0 Å². The van der Waals surface area contributed by atoms with Gasteiger partial charge in [0.15, 0.2) is 5.41 Å². The van der Waals surface area contributed by atoms with Gasteiger partial charge in [-0.2, -0.15) is 10.5 Å². The maximum absolute atomic E-state index is 10.1. The van der Waals surface area contributed by atoms with Crippen LogP contribution in [-0.2, 0) is 9.47 Å². The number of hydrogen-bond donors (Lipinski definition) is 1. The van der Waals surface area contributed by atoms with E-state index in [9.17, 15) is 10.5 Å². The summed E-state index contributed by atoms with van der Waals surface area (Å²) in [5.74, 6) is -1.23. The van der Waals surface area contributed by atoms with Gasteiger partial charge in [-0.25, -0.2) is 4.99 Å². The molecule has 2 atom stereocenters. The van der Waals surface area contributed by atoms with Crippen molar-refractivity contribution in [3.63, 3.8) is 0 Å². The number of fused-ring (bicyclic) bond motifs is 3. The number of ether oxygens (including phenoxy) is 2. The third kappa shape index (κ3) is 1.22. The molecule has 2 fully saturated rings. The van der Waals surface area contributed by atoms with Crippen LogP contribution in [0.15, 0.2) is 4.99 Å². The molecule has 3 aliphatic rings. The fourth-order valence-electron chi connectivity index (χ4n) is 5.12. The predicted molar refractivity (Wildman–Crippen MR) is 79.2 cm³/mol. The molecule has 0 unspecified atom stereocenters. The van der Waals surface area contributed by atoms with E-state index in [-0.39, 0.29) is 5.84 Å². The Morgan fingerprint density at radius 2 is 1.68 bits per heavy atom. The second kappa shape index (κ2) is 4.68. The summed E-state index contributed by atoms with van der Waals surface area (Å²) in [6, 6.07) is 4.74. The minimum atomic E-state index is -1.44. The summed E-state index contributed by atoms with van der Waals surface area (Å²) >= 11 is 0. The number of amidine groups is 1.